The van der Waals surface area contributed by atoms with Crippen molar-refractivity contribution in [3.8, 4) is 11.3 Å². The van der Waals surface area contributed by atoms with Crippen LogP contribution in [0.1, 0.15) is 39.3 Å². The Morgan fingerprint density at radius 2 is 1.89 bits per heavy atom. The molecule has 0 spiro atoms. The van der Waals surface area contributed by atoms with Gasteiger partial charge in [0.1, 0.15) is 11.6 Å². The molecular weight excluding hydrogens is 572 g/mol. The van der Waals surface area contributed by atoms with Crippen LogP contribution in [0.3, 0.4) is 0 Å². The van der Waals surface area contributed by atoms with Gasteiger partial charge in [0.15, 0.2) is 0 Å². The third-order valence-electron chi connectivity index (χ3n) is 5.51. The molecule has 0 saturated heterocycles. The molecule has 3 rings (SSSR count). The van der Waals surface area contributed by atoms with Gasteiger partial charge in [0, 0.05) is 28.5 Å². The highest BCUT2D eigenvalue weighted by Crippen LogP contribution is 2.41. The van der Waals surface area contributed by atoms with Crippen molar-refractivity contribution in [3.05, 3.63) is 46.3 Å². The van der Waals surface area contributed by atoms with Crippen molar-refractivity contribution >= 4 is 44.9 Å². The molecule has 0 fully saturated rings. The smallest absolute Gasteiger partial charge is 0.423 e. The van der Waals surface area contributed by atoms with Crippen molar-refractivity contribution in [2.45, 2.75) is 57.0 Å². The maximum atomic E-state index is 14.0. The largest absolute Gasteiger partial charge is 0.444 e. The lowest BCUT2D eigenvalue weighted by Crippen LogP contribution is -2.47. The van der Waals surface area contributed by atoms with Gasteiger partial charge < -0.3 is 15.2 Å². The highest BCUT2D eigenvalue weighted by atomic mass is 35.5. The maximum Gasteiger partial charge on any atom is 0.423 e. The summed E-state index contributed by atoms with van der Waals surface area (Å²) in [5.41, 5.74) is -4.66. The minimum Gasteiger partial charge on any atom is -0.444 e. The van der Waals surface area contributed by atoms with E-state index in [0.29, 0.717) is 10.6 Å². The molecule has 0 bridgehead atoms. The van der Waals surface area contributed by atoms with Crippen molar-refractivity contribution in [3.63, 3.8) is 0 Å². The number of alkyl carbamates (subject to hydrolysis) is 1. The number of hydrogen-bond donors (Lipinski definition) is 2. The van der Waals surface area contributed by atoms with Gasteiger partial charge in [0.2, 0.25) is 5.60 Å². The van der Waals surface area contributed by atoms with Gasteiger partial charge >= 0.3 is 12.3 Å². The van der Waals surface area contributed by atoms with Gasteiger partial charge in [-0.25, -0.2) is 9.00 Å². The lowest BCUT2D eigenvalue weighted by atomic mass is 9.96. The zero-order valence-electron chi connectivity index (χ0n) is 20.5. The molecule has 1 aliphatic rings. The lowest BCUT2D eigenvalue weighted by Gasteiger charge is -2.31. The van der Waals surface area contributed by atoms with Crippen molar-refractivity contribution in [2.24, 2.45) is 4.36 Å². The van der Waals surface area contributed by atoms with Gasteiger partial charge in [-0.1, -0.05) is 23.2 Å². The Morgan fingerprint density at radius 1 is 1.21 bits per heavy atom. The summed E-state index contributed by atoms with van der Waals surface area (Å²) in [7, 11) is -3.46. The van der Waals surface area contributed by atoms with Gasteiger partial charge in [0.05, 0.1) is 38.5 Å². The number of hydrogen-bond acceptors (Lipinski definition) is 7. The summed E-state index contributed by atoms with van der Waals surface area (Å²) < 4.78 is 63.8. The lowest BCUT2D eigenvalue weighted by molar-refractivity contribution is -0.269. The molecule has 38 heavy (non-hydrogen) atoms. The number of amides is 2. The number of ether oxygens (including phenoxy) is 1. The molecule has 3 atom stereocenters. The van der Waals surface area contributed by atoms with Gasteiger partial charge in [0.25, 0.3) is 5.91 Å². The molecule has 2 aromatic rings. The van der Waals surface area contributed by atoms with Crippen LogP contribution in [-0.4, -0.2) is 60.6 Å². The van der Waals surface area contributed by atoms with Crippen LogP contribution in [-0.2, 0) is 24.9 Å². The van der Waals surface area contributed by atoms with Gasteiger partial charge in [-0.05, 0) is 45.4 Å². The molecule has 1 aromatic carbocycles. The summed E-state index contributed by atoms with van der Waals surface area (Å²) >= 11 is 12.0. The first kappa shape index (κ1) is 30.1. The summed E-state index contributed by atoms with van der Waals surface area (Å²) in [6.45, 7) is 4.87. The van der Waals surface area contributed by atoms with Crippen LogP contribution in [0.25, 0.3) is 11.3 Å². The van der Waals surface area contributed by atoms with Gasteiger partial charge in [-0.3, -0.25) is 14.8 Å². The SMILES string of the molecule is CC(C)(C)OC(=O)N[C@H]1CCS(=O)(CCC(O)(c2cnc(-c3ccc(Cl)cc3Cl)cn2)C(F)(F)F)=NC1=O. The Balaban J connectivity index is 1.79. The van der Waals surface area contributed by atoms with Crippen LogP contribution >= 0.6 is 23.2 Å². The van der Waals surface area contributed by atoms with Crippen LogP contribution in [0.15, 0.2) is 35.0 Å². The number of aromatic nitrogens is 2. The molecule has 9 nitrogen and oxygen atoms in total. The second kappa shape index (κ2) is 10.9. The van der Waals surface area contributed by atoms with Crippen LogP contribution in [0.5, 0.6) is 0 Å². The van der Waals surface area contributed by atoms with Gasteiger partial charge in [-0.2, -0.15) is 17.5 Å². The van der Waals surface area contributed by atoms with Crippen molar-refractivity contribution in [1.82, 2.24) is 15.3 Å². The molecular formula is C23H25Cl2F3N4O5S. The average Bonchev–Trinajstić information content (AvgIpc) is 2.78. The van der Waals surface area contributed by atoms with E-state index in [9.17, 15) is 32.1 Å². The van der Waals surface area contributed by atoms with E-state index in [2.05, 4.69) is 19.6 Å². The number of carbonyl (C=O) groups excluding carboxylic acids is 2. The predicted octanol–water partition coefficient (Wildman–Crippen LogP) is 4.88. The second-order valence-electron chi connectivity index (χ2n) is 9.62. The standard InChI is InChI=1S/C23H25Cl2F3N4O5S/c1-21(2,3)37-20(34)31-16-6-8-38(36,32-19(16)33)9-7-22(35,23(26,27)28)18-12-29-17(11-30-18)14-5-4-13(24)10-15(14)25/h4-5,10-12,16,35H,6-9H2,1-3H3,(H,31,34)/t16-,22?,38?/m0/s1. The zero-order chi connectivity index (χ0) is 28.5. The number of halogens is 5. The maximum absolute atomic E-state index is 14.0. The van der Waals surface area contributed by atoms with Gasteiger partial charge in [-0.15, -0.1) is 0 Å². The fourth-order valence-electron chi connectivity index (χ4n) is 3.53. The first-order chi connectivity index (χ1) is 17.4. The number of carbonyl (C=O) groups is 2. The summed E-state index contributed by atoms with van der Waals surface area (Å²) in [5.74, 6) is -1.97. The van der Waals surface area contributed by atoms with Crippen molar-refractivity contribution < 1.29 is 36.8 Å². The van der Waals surface area contributed by atoms with E-state index in [1.807, 2.05) is 0 Å². The van der Waals surface area contributed by atoms with Crippen LogP contribution in [0, 0.1) is 0 Å². The number of alkyl halides is 3. The molecule has 0 aliphatic carbocycles. The van der Waals surface area contributed by atoms with E-state index in [0.717, 1.165) is 12.4 Å². The zero-order valence-corrected chi connectivity index (χ0v) is 22.8. The quantitative estimate of drug-likeness (QED) is 0.485. The Morgan fingerprint density at radius 3 is 2.42 bits per heavy atom. The predicted molar refractivity (Wildman–Crippen MR) is 135 cm³/mol. The number of benzene rings is 1. The second-order valence-corrected chi connectivity index (χ2v) is 13.0. The Bertz CT molecular complexity index is 1340. The topological polar surface area (TPSA) is 131 Å². The minimum absolute atomic E-state index is 0.124. The van der Waals surface area contributed by atoms with E-state index in [1.54, 1.807) is 20.8 Å². The molecule has 0 saturated carbocycles. The molecule has 2 N–H and O–H groups in total. The summed E-state index contributed by atoms with van der Waals surface area (Å²) in [5, 5.41) is 13.5. The molecule has 15 heteroatoms. The molecule has 208 valence electrons. The van der Waals surface area contributed by atoms with Crippen LogP contribution < -0.4 is 5.32 Å². The fraction of sp³-hybridized carbons (Fsp3) is 0.478. The van der Waals surface area contributed by atoms with E-state index in [4.69, 9.17) is 27.9 Å². The summed E-state index contributed by atoms with van der Waals surface area (Å²) in [6, 6.07) is 3.34. The van der Waals surface area contributed by atoms with E-state index in [-0.39, 0.29) is 22.9 Å². The van der Waals surface area contributed by atoms with E-state index >= 15 is 0 Å². The summed E-state index contributed by atoms with van der Waals surface area (Å²) in [6.07, 6.45) is -5.54. The minimum atomic E-state index is -5.21. The molecule has 1 aliphatic heterocycles. The average molecular weight is 597 g/mol. The highest BCUT2D eigenvalue weighted by molar-refractivity contribution is 7.93. The first-order valence-corrected chi connectivity index (χ1v) is 13.9. The fourth-order valence-corrected chi connectivity index (χ4v) is 6.10. The number of nitrogens with zero attached hydrogens (tertiary/aromatic N) is 3. The number of nitrogens with one attached hydrogen (secondary N) is 1. The van der Waals surface area contributed by atoms with Crippen molar-refractivity contribution in [2.75, 3.05) is 11.5 Å². The Hall–Kier alpha value is -2.48. The third kappa shape index (κ3) is 7.13. The molecule has 2 unspecified atom stereocenters. The molecule has 0 radical (unpaired) electrons. The molecule has 2 amide bonds. The van der Waals surface area contributed by atoms with Crippen LogP contribution in [0.4, 0.5) is 18.0 Å². The third-order valence-corrected chi connectivity index (χ3v) is 8.28. The summed E-state index contributed by atoms with van der Waals surface area (Å²) in [4.78, 5) is 32.0. The van der Waals surface area contributed by atoms with Crippen molar-refractivity contribution in [1.29, 1.82) is 0 Å². The monoisotopic (exact) mass is 596 g/mol. The highest BCUT2D eigenvalue weighted by Gasteiger charge is 2.56. The molecule has 2 heterocycles. The normalized spacial score (nSPS) is 21.8. The Kier molecular flexibility index (Phi) is 8.66. The van der Waals surface area contributed by atoms with E-state index in [1.165, 1.54) is 18.2 Å². The number of aliphatic hydroxyl groups is 1. The number of rotatable bonds is 6. The first-order valence-electron chi connectivity index (χ1n) is 11.3. The Labute approximate surface area is 227 Å². The molecule has 1 aromatic heterocycles. The van der Waals surface area contributed by atoms with E-state index < -0.39 is 63.0 Å². The van der Waals surface area contributed by atoms with Crippen LogP contribution in [0.2, 0.25) is 10.0 Å².